The van der Waals surface area contributed by atoms with Gasteiger partial charge in [-0.25, -0.2) is 4.79 Å². The van der Waals surface area contributed by atoms with E-state index >= 15 is 0 Å². The first-order valence-corrected chi connectivity index (χ1v) is 7.81. The molecule has 2 amide bonds. The number of carbonyl (C=O) groups excluding carboxylic acids is 1. The Morgan fingerprint density at radius 1 is 1.05 bits per heavy atom. The lowest BCUT2D eigenvalue weighted by atomic mass is 10.1. The van der Waals surface area contributed by atoms with Crippen molar-refractivity contribution < 1.29 is 14.3 Å². The lowest BCUT2D eigenvalue weighted by molar-refractivity contribution is 0.0564. The molecule has 6 nitrogen and oxygen atoms in total. The molecule has 2 aliphatic heterocycles. The highest BCUT2D eigenvalue weighted by molar-refractivity contribution is 5.90. The van der Waals surface area contributed by atoms with Crippen LogP contribution in [-0.2, 0) is 9.47 Å². The first kappa shape index (κ1) is 15.1. The molecule has 0 atom stereocenters. The number of benzene rings is 1. The minimum absolute atomic E-state index is 0.0504. The molecule has 0 aliphatic carbocycles. The zero-order chi connectivity index (χ0) is 15.4. The zero-order valence-electron chi connectivity index (χ0n) is 13.0. The van der Waals surface area contributed by atoms with E-state index in [9.17, 15) is 4.79 Å². The zero-order valence-corrected chi connectivity index (χ0v) is 13.0. The first-order chi connectivity index (χ1) is 10.7. The van der Waals surface area contributed by atoms with Crippen molar-refractivity contribution in [2.45, 2.75) is 6.92 Å². The van der Waals surface area contributed by atoms with E-state index in [0.717, 1.165) is 37.6 Å². The van der Waals surface area contributed by atoms with Crippen molar-refractivity contribution in [2.24, 2.45) is 0 Å². The molecule has 0 bridgehead atoms. The Hall–Kier alpha value is -1.79. The van der Waals surface area contributed by atoms with E-state index in [1.165, 1.54) is 5.69 Å². The SMILES string of the molecule is Cc1cc(N2CCOCC2)ccc1NC(=O)N1CCOCC1. The smallest absolute Gasteiger partial charge is 0.322 e. The molecule has 0 radical (unpaired) electrons. The third kappa shape index (κ3) is 3.51. The number of anilines is 2. The highest BCUT2D eigenvalue weighted by Crippen LogP contribution is 2.23. The van der Waals surface area contributed by atoms with Gasteiger partial charge in [0.25, 0.3) is 0 Å². The summed E-state index contributed by atoms with van der Waals surface area (Å²) >= 11 is 0. The van der Waals surface area contributed by atoms with Crippen LogP contribution in [-0.4, -0.2) is 63.5 Å². The quantitative estimate of drug-likeness (QED) is 0.903. The van der Waals surface area contributed by atoms with Gasteiger partial charge in [-0.1, -0.05) is 0 Å². The molecule has 0 spiro atoms. The van der Waals surface area contributed by atoms with Gasteiger partial charge in [0.1, 0.15) is 0 Å². The van der Waals surface area contributed by atoms with E-state index in [1.807, 2.05) is 13.0 Å². The third-order valence-electron chi connectivity index (χ3n) is 4.13. The van der Waals surface area contributed by atoms with Crippen LogP contribution in [0.2, 0.25) is 0 Å². The Morgan fingerprint density at radius 3 is 2.32 bits per heavy atom. The van der Waals surface area contributed by atoms with Crippen LogP contribution in [0.15, 0.2) is 18.2 Å². The Bertz CT molecular complexity index is 523. The predicted molar refractivity (Wildman–Crippen MR) is 85.6 cm³/mol. The monoisotopic (exact) mass is 305 g/mol. The summed E-state index contributed by atoms with van der Waals surface area (Å²) in [5, 5.41) is 3.00. The van der Waals surface area contributed by atoms with Gasteiger partial charge < -0.3 is 24.6 Å². The Kier molecular flexibility index (Phi) is 4.80. The van der Waals surface area contributed by atoms with Crippen LogP contribution < -0.4 is 10.2 Å². The number of aryl methyl sites for hydroxylation is 1. The number of amides is 2. The van der Waals surface area contributed by atoms with Crippen molar-refractivity contribution in [3.8, 4) is 0 Å². The number of nitrogens with zero attached hydrogens (tertiary/aromatic N) is 2. The van der Waals surface area contributed by atoms with Gasteiger partial charge in [-0.05, 0) is 30.7 Å². The Balaban J connectivity index is 1.65. The van der Waals surface area contributed by atoms with Crippen molar-refractivity contribution >= 4 is 17.4 Å². The van der Waals surface area contributed by atoms with Crippen LogP contribution in [0.1, 0.15) is 5.56 Å². The first-order valence-electron chi connectivity index (χ1n) is 7.81. The fourth-order valence-electron chi connectivity index (χ4n) is 2.77. The second-order valence-corrected chi connectivity index (χ2v) is 5.63. The van der Waals surface area contributed by atoms with Crippen molar-refractivity contribution in [1.82, 2.24) is 4.90 Å². The molecule has 2 saturated heterocycles. The van der Waals surface area contributed by atoms with E-state index < -0.39 is 0 Å². The van der Waals surface area contributed by atoms with Gasteiger partial charge in [0.2, 0.25) is 0 Å². The largest absolute Gasteiger partial charge is 0.378 e. The van der Waals surface area contributed by atoms with Gasteiger partial charge in [-0.15, -0.1) is 0 Å². The fraction of sp³-hybridized carbons (Fsp3) is 0.562. The van der Waals surface area contributed by atoms with Crippen molar-refractivity contribution in [3.05, 3.63) is 23.8 Å². The standard InChI is InChI=1S/C16H23N3O3/c1-13-12-14(18-4-8-21-9-5-18)2-3-15(13)17-16(20)19-6-10-22-11-7-19/h2-3,12H,4-11H2,1H3,(H,17,20). The Morgan fingerprint density at radius 2 is 1.68 bits per heavy atom. The van der Waals surface area contributed by atoms with Crippen LogP contribution in [0.25, 0.3) is 0 Å². The molecule has 1 aromatic rings. The van der Waals surface area contributed by atoms with E-state index in [-0.39, 0.29) is 6.03 Å². The van der Waals surface area contributed by atoms with E-state index in [2.05, 4.69) is 22.3 Å². The maximum Gasteiger partial charge on any atom is 0.322 e. The molecule has 0 aromatic heterocycles. The maximum absolute atomic E-state index is 12.2. The lowest BCUT2D eigenvalue weighted by Crippen LogP contribution is -2.43. The van der Waals surface area contributed by atoms with Crippen molar-refractivity contribution in [1.29, 1.82) is 0 Å². The van der Waals surface area contributed by atoms with E-state index in [4.69, 9.17) is 9.47 Å². The molecule has 2 fully saturated rings. The van der Waals surface area contributed by atoms with Crippen LogP contribution in [0.3, 0.4) is 0 Å². The average molecular weight is 305 g/mol. The van der Waals surface area contributed by atoms with Crippen molar-refractivity contribution in [3.63, 3.8) is 0 Å². The second-order valence-electron chi connectivity index (χ2n) is 5.63. The molecular weight excluding hydrogens is 282 g/mol. The second kappa shape index (κ2) is 6.98. The number of morpholine rings is 2. The molecule has 22 heavy (non-hydrogen) atoms. The fourth-order valence-corrected chi connectivity index (χ4v) is 2.77. The Labute approximate surface area is 131 Å². The number of hydrogen-bond donors (Lipinski definition) is 1. The number of nitrogens with one attached hydrogen (secondary N) is 1. The lowest BCUT2D eigenvalue weighted by Gasteiger charge is -2.30. The predicted octanol–water partition coefficient (Wildman–Crippen LogP) is 1.70. The number of hydrogen-bond acceptors (Lipinski definition) is 4. The van der Waals surface area contributed by atoms with Gasteiger partial charge in [0.05, 0.1) is 26.4 Å². The summed E-state index contributed by atoms with van der Waals surface area (Å²) in [5.41, 5.74) is 3.13. The van der Waals surface area contributed by atoms with Gasteiger partial charge in [0.15, 0.2) is 0 Å². The minimum Gasteiger partial charge on any atom is -0.378 e. The summed E-state index contributed by atoms with van der Waals surface area (Å²) in [6, 6.07) is 6.12. The van der Waals surface area contributed by atoms with Gasteiger partial charge >= 0.3 is 6.03 Å². The maximum atomic E-state index is 12.2. The van der Waals surface area contributed by atoms with E-state index in [0.29, 0.717) is 26.3 Å². The summed E-state index contributed by atoms with van der Waals surface area (Å²) in [5.74, 6) is 0. The average Bonchev–Trinajstić information content (AvgIpc) is 2.58. The molecule has 2 heterocycles. The summed E-state index contributed by atoms with van der Waals surface area (Å²) in [6.07, 6.45) is 0. The van der Waals surface area contributed by atoms with Gasteiger partial charge in [-0.2, -0.15) is 0 Å². The summed E-state index contributed by atoms with van der Waals surface area (Å²) in [6.45, 7) is 7.93. The normalized spacial score (nSPS) is 19.1. The van der Waals surface area contributed by atoms with Crippen molar-refractivity contribution in [2.75, 3.05) is 62.8 Å². The molecule has 3 rings (SSSR count). The van der Waals surface area contributed by atoms with Gasteiger partial charge in [-0.3, -0.25) is 0 Å². The molecule has 0 saturated carbocycles. The molecule has 1 aromatic carbocycles. The number of rotatable bonds is 2. The highest BCUT2D eigenvalue weighted by Gasteiger charge is 2.18. The van der Waals surface area contributed by atoms with Gasteiger partial charge in [0, 0.05) is 37.6 Å². The molecule has 0 unspecified atom stereocenters. The van der Waals surface area contributed by atoms with E-state index in [1.54, 1.807) is 4.90 Å². The molecule has 120 valence electrons. The molecule has 1 N–H and O–H groups in total. The molecule has 2 aliphatic rings. The third-order valence-corrected chi connectivity index (χ3v) is 4.13. The summed E-state index contributed by atoms with van der Waals surface area (Å²) in [4.78, 5) is 16.3. The molecule has 6 heteroatoms. The number of carbonyl (C=O) groups is 1. The van der Waals surface area contributed by atoms with Crippen LogP contribution in [0, 0.1) is 6.92 Å². The number of urea groups is 1. The highest BCUT2D eigenvalue weighted by atomic mass is 16.5. The molecular formula is C16H23N3O3. The van der Waals surface area contributed by atoms with Crippen LogP contribution in [0.4, 0.5) is 16.2 Å². The van der Waals surface area contributed by atoms with Crippen LogP contribution in [0.5, 0.6) is 0 Å². The summed E-state index contributed by atoms with van der Waals surface area (Å²) in [7, 11) is 0. The topological polar surface area (TPSA) is 54.0 Å². The van der Waals surface area contributed by atoms with Crippen LogP contribution >= 0.6 is 0 Å². The number of ether oxygens (including phenoxy) is 2. The minimum atomic E-state index is -0.0504. The summed E-state index contributed by atoms with van der Waals surface area (Å²) < 4.78 is 10.6.